The van der Waals surface area contributed by atoms with E-state index in [4.69, 9.17) is 5.11 Å². The van der Waals surface area contributed by atoms with Crippen LogP contribution in [0.15, 0.2) is 24.5 Å². The summed E-state index contributed by atoms with van der Waals surface area (Å²) in [7, 11) is -0.0493. The van der Waals surface area contributed by atoms with Crippen molar-refractivity contribution in [2.75, 3.05) is 6.61 Å². The zero-order chi connectivity index (χ0) is 9.36. The molecule has 0 aliphatic rings. The van der Waals surface area contributed by atoms with Crippen molar-refractivity contribution >= 4 is 9.68 Å². The van der Waals surface area contributed by atoms with Crippen molar-refractivity contribution in [3.63, 3.8) is 0 Å². The summed E-state index contributed by atoms with van der Waals surface area (Å²) in [6.45, 7) is 0.356. The number of unbranched alkanes of at least 4 members (excludes halogenated alkanes) is 3. The van der Waals surface area contributed by atoms with E-state index in [2.05, 4.69) is 28.8 Å². The minimum atomic E-state index is -0.0493. The molecule has 1 N–H and O–H groups in total. The topological polar surface area (TPSA) is 25.2 Å². The molecule has 74 valence electrons. The van der Waals surface area contributed by atoms with Gasteiger partial charge in [-0.15, -0.1) is 0 Å². The Bertz CT molecular complexity index is 199. The van der Waals surface area contributed by atoms with Crippen LogP contribution < -0.4 is 0 Å². The zero-order valence-corrected chi connectivity index (χ0v) is 9.57. The highest BCUT2D eigenvalue weighted by atomic mass is 28.2. The average molecular weight is 197 g/mol. The Labute approximate surface area is 82.5 Å². The quantitative estimate of drug-likeness (QED) is 0.518. The highest BCUT2D eigenvalue weighted by Crippen LogP contribution is 2.03. The van der Waals surface area contributed by atoms with Gasteiger partial charge in [0.15, 0.2) is 0 Å². The van der Waals surface area contributed by atoms with Crippen LogP contribution in [0, 0.1) is 0 Å². The van der Waals surface area contributed by atoms with Crippen LogP contribution in [0.2, 0.25) is 6.04 Å². The molecule has 0 aromatic carbocycles. The van der Waals surface area contributed by atoms with Gasteiger partial charge in [-0.2, -0.15) is 0 Å². The molecule has 0 fully saturated rings. The van der Waals surface area contributed by atoms with E-state index in [-0.39, 0.29) is 9.68 Å². The molecular formula is C10H19NOSi. The Hall–Kier alpha value is -0.543. The summed E-state index contributed by atoms with van der Waals surface area (Å²) in [4.78, 5) is 0. The molecule has 0 amide bonds. The second-order valence-corrected chi connectivity index (χ2v) is 5.30. The lowest BCUT2D eigenvalue weighted by Crippen LogP contribution is -2.02. The summed E-state index contributed by atoms with van der Waals surface area (Å²) < 4.78 is 2.35. The van der Waals surface area contributed by atoms with Crippen molar-refractivity contribution < 1.29 is 5.11 Å². The first kappa shape index (κ1) is 10.5. The summed E-state index contributed by atoms with van der Waals surface area (Å²) in [5.74, 6) is 0. The first-order valence-electron chi connectivity index (χ1n) is 5.15. The van der Waals surface area contributed by atoms with Crippen molar-refractivity contribution in [3.8, 4) is 0 Å². The van der Waals surface area contributed by atoms with Gasteiger partial charge in [0.25, 0.3) is 0 Å². The van der Waals surface area contributed by atoms with Crippen LogP contribution in [-0.2, 0) is 0 Å². The fraction of sp³-hybridized carbons (Fsp3) is 0.600. The molecule has 0 saturated heterocycles. The van der Waals surface area contributed by atoms with E-state index in [1.54, 1.807) is 0 Å². The highest BCUT2D eigenvalue weighted by molar-refractivity contribution is 6.33. The first-order chi connectivity index (χ1) is 6.43. The zero-order valence-electron chi connectivity index (χ0n) is 8.15. The Morgan fingerprint density at radius 3 is 2.38 bits per heavy atom. The maximum absolute atomic E-state index is 8.58. The minimum absolute atomic E-state index is 0.0493. The second kappa shape index (κ2) is 6.92. The molecule has 1 heterocycles. The number of aromatic nitrogens is 1. The van der Waals surface area contributed by atoms with Gasteiger partial charge in [0.1, 0.15) is 9.68 Å². The first-order valence-corrected chi connectivity index (χ1v) is 6.78. The molecule has 2 nitrogen and oxygen atoms in total. The largest absolute Gasteiger partial charge is 0.396 e. The summed E-state index contributed by atoms with van der Waals surface area (Å²) >= 11 is 0. The normalized spacial score (nSPS) is 11.5. The third-order valence-corrected chi connectivity index (χ3v) is 3.99. The van der Waals surface area contributed by atoms with Crippen molar-refractivity contribution in [1.29, 1.82) is 0 Å². The van der Waals surface area contributed by atoms with E-state index in [1.165, 1.54) is 25.3 Å². The third-order valence-electron chi connectivity index (χ3n) is 2.24. The van der Waals surface area contributed by atoms with E-state index in [1.807, 2.05) is 0 Å². The van der Waals surface area contributed by atoms with Crippen LogP contribution in [0.5, 0.6) is 0 Å². The van der Waals surface area contributed by atoms with Crippen molar-refractivity contribution in [2.45, 2.75) is 31.7 Å². The van der Waals surface area contributed by atoms with E-state index in [9.17, 15) is 0 Å². The molecule has 0 saturated carbocycles. The lowest BCUT2D eigenvalue weighted by Gasteiger charge is -2.01. The third kappa shape index (κ3) is 4.90. The average Bonchev–Trinajstić information content (AvgIpc) is 2.63. The predicted molar refractivity (Wildman–Crippen MR) is 58.7 cm³/mol. The van der Waals surface area contributed by atoms with Crippen molar-refractivity contribution in [3.05, 3.63) is 24.5 Å². The van der Waals surface area contributed by atoms with Gasteiger partial charge in [-0.1, -0.05) is 19.3 Å². The lowest BCUT2D eigenvalue weighted by atomic mass is 10.2. The van der Waals surface area contributed by atoms with Crippen LogP contribution in [0.4, 0.5) is 0 Å². The maximum Gasteiger partial charge on any atom is 0.128 e. The Morgan fingerprint density at radius 1 is 1.00 bits per heavy atom. The van der Waals surface area contributed by atoms with E-state index in [0.29, 0.717) is 6.61 Å². The fourth-order valence-electron chi connectivity index (χ4n) is 1.46. The Morgan fingerprint density at radius 2 is 1.69 bits per heavy atom. The van der Waals surface area contributed by atoms with E-state index >= 15 is 0 Å². The van der Waals surface area contributed by atoms with Crippen LogP contribution in [-0.4, -0.2) is 25.6 Å². The number of hydrogen-bond donors (Lipinski definition) is 1. The van der Waals surface area contributed by atoms with Crippen LogP contribution in [0.3, 0.4) is 0 Å². The molecule has 0 aliphatic heterocycles. The number of hydrogen-bond acceptors (Lipinski definition) is 1. The Kier molecular flexibility index (Phi) is 5.61. The Balaban J connectivity index is 1.90. The van der Waals surface area contributed by atoms with Crippen molar-refractivity contribution in [2.24, 2.45) is 0 Å². The van der Waals surface area contributed by atoms with Gasteiger partial charge in [0, 0.05) is 6.61 Å². The molecule has 0 radical (unpaired) electrons. The molecule has 3 heteroatoms. The molecule has 1 aromatic heterocycles. The van der Waals surface area contributed by atoms with Gasteiger partial charge in [0.2, 0.25) is 0 Å². The molecule has 13 heavy (non-hydrogen) atoms. The SMILES string of the molecule is OCCCCCC[SiH2]n1cccc1. The monoisotopic (exact) mass is 197 g/mol. The predicted octanol–water partition coefficient (Wildman–Crippen LogP) is 1.39. The summed E-state index contributed by atoms with van der Waals surface area (Å²) in [6.07, 6.45) is 9.13. The number of rotatable bonds is 7. The molecule has 0 atom stereocenters. The maximum atomic E-state index is 8.58. The smallest absolute Gasteiger partial charge is 0.128 e. The molecule has 0 aliphatic carbocycles. The molecule has 1 rings (SSSR count). The summed E-state index contributed by atoms with van der Waals surface area (Å²) in [5, 5.41) is 8.58. The fourth-order valence-corrected chi connectivity index (χ4v) is 2.94. The van der Waals surface area contributed by atoms with Gasteiger partial charge in [-0.25, -0.2) is 0 Å². The standard InChI is InChI=1S/C10H19NOSi/c12-9-5-1-2-6-10-13-11-7-3-4-8-11/h3-4,7-8,12H,1-2,5-6,9-10,13H2. The van der Waals surface area contributed by atoms with E-state index in [0.717, 1.165) is 6.42 Å². The van der Waals surface area contributed by atoms with Gasteiger partial charge in [0.05, 0.1) is 0 Å². The number of aliphatic hydroxyl groups excluding tert-OH is 1. The number of nitrogens with zero attached hydrogens (tertiary/aromatic N) is 1. The summed E-state index contributed by atoms with van der Waals surface area (Å²) in [5.41, 5.74) is 0. The van der Waals surface area contributed by atoms with E-state index < -0.39 is 0 Å². The van der Waals surface area contributed by atoms with Crippen LogP contribution >= 0.6 is 0 Å². The lowest BCUT2D eigenvalue weighted by molar-refractivity contribution is 0.283. The molecule has 0 spiro atoms. The minimum Gasteiger partial charge on any atom is -0.396 e. The second-order valence-electron chi connectivity index (χ2n) is 3.41. The summed E-state index contributed by atoms with van der Waals surface area (Å²) in [6, 6.07) is 5.58. The van der Waals surface area contributed by atoms with Gasteiger partial charge < -0.3 is 9.34 Å². The van der Waals surface area contributed by atoms with Gasteiger partial charge >= 0.3 is 0 Å². The van der Waals surface area contributed by atoms with Gasteiger partial charge in [-0.3, -0.25) is 0 Å². The molecule has 0 bridgehead atoms. The highest BCUT2D eigenvalue weighted by Gasteiger charge is 1.92. The van der Waals surface area contributed by atoms with Gasteiger partial charge in [-0.05, 0) is 37.0 Å². The number of aliphatic hydroxyl groups is 1. The molecular weight excluding hydrogens is 178 g/mol. The van der Waals surface area contributed by atoms with Crippen molar-refractivity contribution in [1.82, 2.24) is 4.23 Å². The molecule has 1 aromatic rings. The molecule has 0 unspecified atom stereocenters. The van der Waals surface area contributed by atoms with Crippen LogP contribution in [0.1, 0.15) is 25.7 Å². The van der Waals surface area contributed by atoms with Crippen LogP contribution in [0.25, 0.3) is 0 Å².